The Labute approximate surface area is 137 Å². The van der Waals surface area contributed by atoms with Crippen molar-refractivity contribution in [2.45, 2.75) is 55.4 Å². The summed E-state index contributed by atoms with van der Waals surface area (Å²) in [5, 5.41) is 4.54. The minimum absolute atomic E-state index is 0.135. The molecule has 1 aromatic rings. The maximum Gasteiger partial charge on any atom is 0.224 e. The van der Waals surface area contributed by atoms with E-state index in [1.165, 1.54) is 32.1 Å². The van der Waals surface area contributed by atoms with Crippen LogP contribution in [0.15, 0.2) is 21.6 Å². The second kappa shape index (κ2) is 7.55. The predicted octanol–water partition coefficient (Wildman–Crippen LogP) is 3.27. The van der Waals surface area contributed by atoms with Crippen LogP contribution >= 0.6 is 11.8 Å². The van der Waals surface area contributed by atoms with Crippen molar-refractivity contribution in [1.82, 2.24) is 10.2 Å². The zero-order valence-corrected chi connectivity index (χ0v) is 14.2. The van der Waals surface area contributed by atoms with Gasteiger partial charge in [-0.15, -0.1) is 0 Å². The van der Waals surface area contributed by atoms with Crippen molar-refractivity contribution in [2.24, 2.45) is 5.92 Å². The molecule has 3 rings (SSSR count). The zero-order chi connectivity index (χ0) is 15.4. The minimum Gasteiger partial charge on any atom is -0.454 e. The van der Waals surface area contributed by atoms with Crippen molar-refractivity contribution < 1.29 is 9.21 Å². The van der Waals surface area contributed by atoms with Gasteiger partial charge in [-0.05, 0) is 37.9 Å². The van der Waals surface area contributed by atoms with Gasteiger partial charge in [0.2, 0.25) is 5.91 Å². The van der Waals surface area contributed by atoms with Gasteiger partial charge in [0, 0.05) is 18.8 Å². The van der Waals surface area contributed by atoms with E-state index >= 15 is 0 Å². The summed E-state index contributed by atoms with van der Waals surface area (Å²) >= 11 is 1.90. The molecule has 1 saturated carbocycles. The molecule has 4 nitrogen and oxygen atoms in total. The lowest BCUT2D eigenvalue weighted by Gasteiger charge is -2.19. The summed E-state index contributed by atoms with van der Waals surface area (Å²) in [6.45, 7) is 2.63. The number of furan rings is 1. The molecule has 1 saturated heterocycles. The molecule has 22 heavy (non-hydrogen) atoms. The molecule has 0 bridgehead atoms. The van der Waals surface area contributed by atoms with Crippen LogP contribution in [-0.2, 0) is 11.3 Å². The molecule has 2 heterocycles. The molecule has 1 aliphatic carbocycles. The van der Waals surface area contributed by atoms with E-state index in [1.54, 1.807) is 7.05 Å². The number of carbonyl (C=O) groups excluding carboxylic acids is 1. The first-order valence-corrected chi connectivity index (χ1v) is 9.32. The van der Waals surface area contributed by atoms with E-state index in [9.17, 15) is 4.79 Å². The van der Waals surface area contributed by atoms with E-state index in [-0.39, 0.29) is 11.8 Å². The molecule has 2 aliphatic rings. The topological polar surface area (TPSA) is 45.5 Å². The third-order valence-electron chi connectivity index (χ3n) is 4.74. The zero-order valence-electron chi connectivity index (χ0n) is 13.3. The molecular formula is C17H26N2O2S. The van der Waals surface area contributed by atoms with Gasteiger partial charge in [-0.2, -0.15) is 0 Å². The fraction of sp³-hybridized carbons (Fsp3) is 0.706. The first kappa shape index (κ1) is 15.9. The van der Waals surface area contributed by atoms with Crippen LogP contribution in [-0.4, -0.2) is 36.2 Å². The van der Waals surface area contributed by atoms with E-state index in [1.807, 2.05) is 11.8 Å². The summed E-state index contributed by atoms with van der Waals surface area (Å²) in [7, 11) is 1.71. The normalized spacial score (nSPS) is 23.8. The summed E-state index contributed by atoms with van der Waals surface area (Å²) in [5.74, 6) is 1.32. The highest BCUT2D eigenvalue weighted by Gasteiger charge is 2.28. The molecule has 0 aromatic carbocycles. The van der Waals surface area contributed by atoms with Crippen molar-refractivity contribution in [3.05, 3.63) is 17.9 Å². The smallest absolute Gasteiger partial charge is 0.224 e. The van der Waals surface area contributed by atoms with Gasteiger partial charge in [-0.1, -0.05) is 31.0 Å². The third-order valence-corrected chi connectivity index (χ3v) is 6.00. The standard InChI is InChI=1S/C17H26N2O2S/c1-18-17(20)13-9-10-19(11-13)12-14-7-8-16(21-14)22-15-5-3-2-4-6-15/h7-8,13,15H,2-6,9-12H2,1H3,(H,18,20)/t13-/m0/s1. The van der Waals surface area contributed by atoms with Crippen molar-refractivity contribution in [1.29, 1.82) is 0 Å². The Bertz CT molecular complexity index is 497. The molecule has 2 fully saturated rings. The van der Waals surface area contributed by atoms with E-state index < -0.39 is 0 Å². The van der Waals surface area contributed by atoms with Gasteiger partial charge in [0.25, 0.3) is 0 Å². The second-order valence-electron chi connectivity index (χ2n) is 6.43. The van der Waals surface area contributed by atoms with Crippen LogP contribution in [0.4, 0.5) is 0 Å². The number of nitrogens with one attached hydrogen (secondary N) is 1. The van der Waals surface area contributed by atoms with Gasteiger partial charge < -0.3 is 9.73 Å². The third kappa shape index (κ3) is 4.07. The van der Waals surface area contributed by atoms with Crippen molar-refractivity contribution in [2.75, 3.05) is 20.1 Å². The maximum absolute atomic E-state index is 11.7. The largest absolute Gasteiger partial charge is 0.454 e. The molecule has 1 atom stereocenters. The Kier molecular flexibility index (Phi) is 5.47. The summed E-state index contributed by atoms with van der Waals surface area (Å²) in [5.41, 5.74) is 0. The Morgan fingerprint density at radius 1 is 1.32 bits per heavy atom. The Morgan fingerprint density at radius 2 is 2.14 bits per heavy atom. The number of amides is 1. The predicted molar refractivity (Wildman–Crippen MR) is 88.9 cm³/mol. The molecule has 0 unspecified atom stereocenters. The number of likely N-dealkylation sites (tertiary alicyclic amines) is 1. The summed E-state index contributed by atoms with van der Waals surface area (Å²) in [6.07, 6.45) is 7.70. The Hall–Kier alpha value is -0.940. The van der Waals surface area contributed by atoms with E-state index in [0.717, 1.165) is 42.2 Å². The molecule has 1 aromatic heterocycles. The van der Waals surface area contributed by atoms with Gasteiger partial charge in [0.1, 0.15) is 5.76 Å². The number of hydrogen-bond donors (Lipinski definition) is 1. The van der Waals surface area contributed by atoms with E-state index in [0.29, 0.717) is 0 Å². The molecular weight excluding hydrogens is 296 g/mol. The van der Waals surface area contributed by atoms with Gasteiger partial charge in [-0.25, -0.2) is 0 Å². The Balaban J connectivity index is 1.48. The highest BCUT2D eigenvalue weighted by atomic mass is 32.2. The number of thioether (sulfide) groups is 1. The molecule has 0 spiro atoms. The van der Waals surface area contributed by atoms with Crippen LogP contribution in [0.25, 0.3) is 0 Å². The van der Waals surface area contributed by atoms with Crippen molar-refractivity contribution >= 4 is 17.7 Å². The van der Waals surface area contributed by atoms with Gasteiger partial charge in [0.15, 0.2) is 5.09 Å². The average molecular weight is 322 g/mol. The van der Waals surface area contributed by atoms with Crippen LogP contribution in [0.2, 0.25) is 0 Å². The first-order valence-electron chi connectivity index (χ1n) is 8.44. The fourth-order valence-electron chi connectivity index (χ4n) is 3.47. The van der Waals surface area contributed by atoms with Gasteiger partial charge >= 0.3 is 0 Å². The van der Waals surface area contributed by atoms with E-state index in [4.69, 9.17) is 4.42 Å². The van der Waals surface area contributed by atoms with Crippen molar-refractivity contribution in [3.8, 4) is 0 Å². The quantitative estimate of drug-likeness (QED) is 0.904. The molecule has 0 radical (unpaired) electrons. The van der Waals surface area contributed by atoms with Crippen LogP contribution < -0.4 is 5.32 Å². The van der Waals surface area contributed by atoms with Gasteiger partial charge in [-0.3, -0.25) is 9.69 Å². The lowest BCUT2D eigenvalue weighted by molar-refractivity contribution is -0.124. The lowest BCUT2D eigenvalue weighted by Crippen LogP contribution is -2.29. The number of rotatable bonds is 5. The second-order valence-corrected chi connectivity index (χ2v) is 7.74. The SMILES string of the molecule is CNC(=O)[C@H]1CCN(Cc2ccc(SC3CCCCC3)o2)C1. The molecule has 5 heteroatoms. The van der Waals surface area contributed by atoms with Crippen LogP contribution in [0.5, 0.6) is 0 Å². The highest BCUT2D eigenvalue weighted by molar-refractivity contribution is 7.99. The van der Waals surface area contributed by atoms with Crippen LogP contribution in [0, 0.1) is 5.92 Å². The van der Waals surface area contributed by atoms with Gasteiger partial charge in [0.05, 0.1) is 12.5 Å². The summed E-state index contributed by atoms with van der Waals surface area (Å²) in [6, 6.07) is 4.21. The monoisotopic (exact) mass is 322 g/mol. The highest BCUT2D eigenvalue weighted by Crippen LogP contribution is 2.34. The number of hydrogen-bond acceptors (Lipinski definition) is 4. The summed E-state index contributed by atoms with van der Waals surface area (Å²) in [4.78, 5) is 14.0. The van der Waals surface area contributed by atoms with Crippen molar-refractivity contribution in [3.63, 3.8) is 0 Å². The lowest BCUT2D eigenvalue weighted by atomic mass is 10.0. The average Bonchev–Trinajstić information content (AvgIpc) is 3.18. The molecule has 1 aliphatic heterocycles. The summed E-state index contributed by atoms with van der Waals surface area (Å²) < 4.78 is 5.99. The Morgan fingerprint density at radius 3 is 2.91 bits per heavy atom. The minimum atomic E-state index is 0.135. The van der Waals surface area contributed by atoms with Crippen LogP contribution in [0.1, 0.15) is 44.3 Å². The molecule has 1 amide bonds. The fourth-order valence-corrected chi connectivity index (χ4v) is 4.67. The van der Waals surface area contributed by atoms with E-state index in [2.05, 4.69) is 22.3 Å². The molecule has 122 valence electrons. The number of carbonyl (C=O) groups is 1. The van der Waals surface area contributed by atoms with Crippen LogP contribution in [0.3, 0.4) is 0 Å². The maximum atomic E-state index is 11.7. The molecule has 1 N–H and O–H groups in total. The first-order chi connectivity index (χ1) is 10.7. The number of nitrogens with zero attached hydrogens (tertiary/aromatic N) is 1.